The van der Waals surface area contributed by atoms with Crippen molar-refractivity contribution in [2.24, 2.45) is 7.05 Å². The molecule has 2 aromatic heterocycles. The number of nitrogens with zero attached hydrogens (tertiary/aromatic N) is 2. The van der Waals surface area contributed by atoms with E-state index in [0.717, 1.165) is 11.3 Å². The number of carbonyl (C=O) groups excluding carboxylic acids is 1. The Morgan fingerprint density at radius 2 is 2.32 bits per heavy atom. The first-order valence-electron chi connectivity index (χ1n) is 7.23. The molecule has 2 N–H and O–H groups in total. The average Bonchev–Trinajstić information content (AvgIpc) is 3.13. The van der Waals surface area contributed by atoms with Crippen LogP contribution >= 0.6 is 0 Å². The summed E-state index contributed by atoms with van der Waals surface area (Å²) in [7, 11) is 1.83. The number of rotatable bonds is 4. The van der Waals surface area contributed by atoms with Gasteiger partial charge in [-0.15, -0.1) is 0 Å². The minimum Gasteiger partial charge on any atom is -0.482 e. The molecule has 22 heavy (non-hydrogen) atoms. The van der Waals surface area contributed by atoms with Gasteiger partial charge in [-0.05, 0) is 25.5 Å². The molecule has 0 spiro atoms. The zero-order valence-corrected chi connectivity index (χ0v) is 12.9. The van der Waals surface area contributed by atoms with Crippen molar-refractivity contribution in [3.63, 3.8) is 0 Å². The summed E-state index contributed by atoms with van der Waals surface area (Å²) in [6.45, 7) is 4.72. The minimum absolute atomic E-state index is 0.138. The van der Waals surface area contributed by atoms with Crippen LogP contribution in [0, 0.1) is 13.8 Å². The van der Waals surface area contributed by atoms with Crippen molar-refractivity contribution in [3.8, 4) is 5.75 Å². The average molecular weight is 304 g/mol. The van der Waals surface area contributed by atoms with Crippen molar-refractivity contribution in [1.29, 1.82) is 0 Å². The van der Waals surface area contributed by atoms with Gasteiger partial charge >= 0.3 is 0 Å². The Labute approximate surface area is 128 Å². The lowest BCUT2D eigenvalue weighted by Gasteiger charge is -2.19. The molecule has 3 heterocycles. The number of carbonyl (C=O) groups is 1. The van der Waals surface area contributed by atoms with Gasteiger partial charge in [0.1, 0.15) is 11.8 Å². The highest BCUT2D eigenvalue weighted by atomic mass is 16.5. The molecule has 0 saturated carbocycles. The molecule has 118 valence electrons. The molecule has 0 aromatic carbocycles. The molecule has 7 heteroatoms. The van der Waals surface area contributed by atoms with Crippen molar-refractivity contribution < 1.29 is 14.3 Å². The molecule has 2 aromatic rings. The maximum atomic E-state index is 12.4. The highest BCUT2D eigenvalue weighted by Gasteiger charge is 2.32. The van der Waals surface area contributed by atoms with E-state index in [9.17, 15) is 4.79 Å². The van der Waals surface area contributed by atoms with Gasteiger partial charge in [0, 0.05) is 12.7 Å². The van der Waals surface area contributed by atoms with Crippen LogP contribution in [-0.4, -0.2) is 46.0 Å². The van der Waals surface area contributed by atoms with Crippen LogP contribution in [0.2, 0.25) is 0 Å². The minimum atomic E-state index is -0.218. The van der Waals surface area contributed by atoms with Gasteiger partial charge < -0.3 is 19.8 Å². The van der Waals surface area contributed by atoms with Gasteiger partial charge in [-0.25, -0.2) is 0 Å². The first kappa shape index (κ1) is 14.6. The Morgan fingerprint density at radius 3 is 2.95 bits per heavy atom. The highest BCUT2D eigenvalue weighted by molar-refractivity contribution is 5.94. The summed E-state index contributed by atoms with van der Waals surface area (Å²) in [5.74, 6) is 0.532. The predicted molar refractivity (Wildman–Crippen MR) is 80.0 cm³/mol. The number of hydrogen-bond acceptors (Lipinski definition) is 4. The van der Waals surface area contributed by atoms with Crippen LogP contribution < -0.4 is 10.1 Å². The number of aromatic nitrogens is 3. The smallest absolute Gasteiger partial charge is 0.268 e. The van der Waals surface area contributed by atoms with Crippen LogP contribution in [0.4, 0.5) is 0 Å². The molecule has 1 amide bonds. The predicted octanol–water partition coefficient (Wildman–Crippen LogP) is 0.941. The van der Waals surface area contributed by atoms with Crippen LogP contribution in [0.15, 0.2) is 18.5 Å². The quantitative estimate of drug-likeness (QED) is 0.881. The van der Waals surface area contributed by atoms with E-state index in [1.807, 2.05) is 27.0 Å². The molecule has 0 aliphatic carbocycles. The Kier molecular flexibility index (Phi) is 3.89. The third-order valence-corrected chi connectivity index (χ3v) is 3.69. The van der Waals surface area contributed by atoms with Crippen molar-refractivity contribution in [2.45, 2.75) is 26.0 Å². The van der Waals surface area contributed by atoms with Crippen LogP contribution in [0.25, 0.3) is 0 Å². The zero-order chi connectivity index (χ0) is 15.7. The molecule has 1 saturated heterocycles. The molecule has 7 nitrogen and oxygen atoms in total. The Balaban J connectivity index is 1.66. The Morgan fingerprint density at radius 1 is 1.50 bits per heavy atom. The Bertz CT molecular complexity index is 676. The summed E-state index contributed by atoms with van der Waals surface area (Å²) in [5, 5.41) is 7.04. The first-order valence-corrected chi connectivity index (χ1v) is 7.23. The standard InChI is InChI=1S/C15H20N4O3/c1-9-4-10(2)17-14(9)15(20)18-12-7-21-8-13(12)22-11-5-16-19(3)6-11/h4-6,12-13,17H,7-8H2,1-3H3,(H,18,20)/t12-,13+/m0/s1. The lowest BCUT2D eigenvalue weighted by atomic mass is 10.2. The normalized spacial score (nSPS) is 21.0. The molecule has 0 unspecified atom stereocenters. The maximum Gasteiger partial charge on any atom is 0.268 e. The van der Waals surface area contributed by atoms with Gasteiger partial charge in [-0.2, -0.15) is 5.10 Å². The summed E-state index contributed by atoms with van der Waals surface area (Å²) in [4.78, 5) is 15.4. The highest BCUT2D eigenvalue weighted by Crippen LogP contribution is 2.17. The molecular formula is C15H20N4O3. The molecule has 2 atom stereocenters. The molecule has 3 rings (SSSR count). The van der Waals surface area contributed by atoms with Crippen LogP contribution in [0.1, 0.15) is 21.7 Å². The Hall–Kier alpha value is -2.28. The fraction of sp³-hybridized carbons (Fsp3) is 0.467. The van der Waals surface area contributed by atoms with Gasteiger partial charge in [0.05, 0.1) is 31.6 Å². The van der Waals surface area contributed by atoms with E-state index in [1.165, 1.54) is 0 Å². The van der Waals surface area contributed by atoms with Crippen LogP contribution in [0.5, 0.6) is 5.75 Å². The van der Waals surface area contributed by atoms with Crippen molar-refractivity contribution in [1.82, 2.24) is 20.1 Å². The second-order valence-corrected chi connectivity index (χ2v) is 5.63. The largest absolute Gasteiger partial charge is 0.482 e. The lowest BCUT2D eigenvalue weighted by Crippen LogP contribution is -2.45. The van der Waals surface area contributed by atoms with E-state index < -0.39 is 0 Å². The number of amides is 1. The van der Waals surface area contributed by atoms with Gasteiger partial charge in [0.2, 0.25) is 0 Å². The van der Waals surface area contributed by atoms with Crippen LogP contribution in [0.3, 0.4) is 0 Å². The van der Waals surface area contributed by atoms with E-state index >= 15 is 0 Å². The molecule has 0 bridgehead atoms. The summed E-state index contributed by atoms with van der Waals surface area (Å²) >= 11 is 0. The first-order chi connectivity index (χ1) is 10.5. The zero-order valence-electron chi connectivity index (χ0n) is 12.9. The van der Waals surface area contributed by atoms with Crippen molar-refractivity contribution >= 4 is 5.91 Å². The van der Waals surface area contributed by atoms with E-state index in [-0.39, 0.29) is 18.1 Å². The van der Waals surface area contributed by atoms with Gasteiger partial charge in [0.25, 0.3) is 5.91 Å². The molecule has 0 radical (unpaired) electrons. The fourth-order valence-corrected chi connectivity index (χ4v) is 2.63. The van der Waals surface area contributed by atoms with Crippen molar-refractivity contribution in [3.05, 3.63) is 35.4 Å². The van der Waals surface area contributed by atoms with E-state index in [4.69, 9.17) is 9.47 Å². The van der Waals surface area contributed by atoms with Gasteiger partial charge in [-0.1, -0.05) is 0 Å². The second kappa shape index (κ2) is 5.84. The monoisotopic (exact) mass is 304 g/mol. The summed E-state index contributed by atoms with van der Waals surface area (Å²) < 4.78 is 13.0. The maximum absolute atomic E-state index is 12.4. The van der Waals surface area contributed by atoms with E-state index in [0.29, 0.717) is 24.7 Å². The lowest BCUT2D eigenvalue weighted by molar-refractivity contribution is 0.0899. The number of aromatic amines is 1. The summed E-state index contributed by atoms with van der Waals surface area (Å²) in [6.07, 6.45) is 3.22. The second-order valence-electron chi connectivity index (χ2n) is 5.63. The fourth-order valence-electron chi connectivity index (χ4n) is 2.63. The van der Waals surface area contributed by atoms with Gasteiger partial charge in [0.15, 0.2) is 5.75 Å². The summed E-state index contributed by atoms with van der Waals surface area (Å²) in [6, 6.07) is 1.76. The number of nitrogens with one attached hydrogen (secondary N) is 2. The number of ether oxygens (including phenoxy) is 2. The molecule has 1 fully saturated rings. The third-order valence-electron chi connectivity index (χ3n) is 3.69. The van der Waals surface area contributed by atoms with Crippen LogP contribution in [-0.2, 0) is 11.8 Å². The van der Waals surface area contributed by atoms with Crippen molar-refractivity contribution in [2.75, 3.05) is 13.2 Å². The SMILES string of the molecule is Cc1cc(C)c(C(=O)N[C@H]2COC[C@H]2Oc2cnn(C)c2)[nH]1. The third kappa shape index (κ3) is 2.99. The molecule has 1 aliphatic heterocycles. The summed E-state index contributed by atoms with van der Waals surface area (Å²) in [5.41, 5.74) is 2.48. The molecule has 1 aliphatic rings. The van der Waals surface area contributed by atoms with Gasteiger partial charge in [-0.3, -0.25) is 9.48 Å². The number of aryl methyl sites for hydroxylation is 3. The molecular weight excluding hydrogens is 284 g/mol. The number of H-pyrrole nitrogens is 1. The van der Waals surface area contributed by atoms with E-state index in [1.54, 1.807) is 17.1 Å². The number of hydrogen-bond donors (Lipinski definition) is 2. The topological polar surface area (TPSA) is 81.2 Å². The van der Waals surface area contributed by atoms with E-state index in [2.05, 4.69) is 15.4 Å².